The summed E-state index contributed by atoms with van der Waals surface area (Å²) in [5.74, 6) is 3.45. The van der Waals surface area contributed by atoms with Crippen molar-refractivity contribution in [1.82, 2.24) is 14.8 Å². The Morgan fingerprint density at radius 3 is 2.82 bits per heavy atom. The van der Waals surface area contributed by atoms with E-state index < -0.39 is 0 Å². The first-order chi connectivity index (χ1) is 8.38. The molecule has 2 aliphatic rings. The molecule has 1 saturated heterocycles. The summed E-state index contributed by atoms with van der Waals surface area (Å²) < 4.78 is 7.72. The van der Waals surface area contributed by atoms with Gasteiger partial charge in [0.2, 0.25) is 0 Å². The highest BCUT2D eigenvalue weighted by Crippen LogP contribution is 2.29. The summed E-state index contributed by atoms with van der Waals surface area (Å²) in [6.45, 7) is 3.52. The summed E-state index contributed by atoms with van der Waals surface area (Å²) >= 11 is 0. The lowest BCUT2D eigenvalue weighted by Gasteiger charge is -2.26. The maximum atomic E-state index is 5.74. The molecule has 2 N–H and O–H groups in total. The number of nitrogens with zero attached hydrogens (tertiary/aromatic N) is 3. The molecule has 1 aromatic rings. The Labute approximate surface area is 101 Å². The van der Waals surface area contributed by atoms with Gasteiger partial charge in [-0.1, -0.05) is 0 Å². The molecular weight excluding hydrogens is 216 g/mol. The lowest BCUT2D eigenvalue weighted by molar-refractivity contribution is 0.0825. The predicted molar refractivity (Wildman–Crippen MR) is 63.7 cm³/mol. The number of hydrogen-bond donors (Lipinski definition) is 1. The summed E-state index contributed by atoms with van der Waals surface area (Å²) in [5.41, 5.74) is 5.74. The van der Waals surface area contributed by atoms with E-state index in [1.165, 1.54) is 5.82 Å². The van der Waals surface area contributed by atoms with E-state index in [1.807, 2.05) is 0 Å². The van der Waals surface area contributed by atoms with Crippen LogP contribution in [0.15, 0.2) is 0 Å². The molecule has 0 spiro atoms. The van der Waals surface area contributed by atoms with Gasteiger partial charge in [-0.3, -0.25) is 0 Å². The third kappa shape index (κ3) is 2.09. The monoisotopic (exact) mass is 236 g/mol. The third-order valence-electron chi connectivity index (χ3n) is 4.01. The second-order valence-corrected chi connectivity index (χ2v) is 5.11. The van der Waals surface area contributed by atoms with E-state index in [2.05, 4.69) is 14.8 Å². The quantitative estimate of drug-likeness (QED) is 0.820. The third-order valence-corrected chi connectivity index (χ3v) is 4.01. The number of aromatic nitrogens is 3. The highest BCUT2D eigenvalue weighted by atomic mass is 16.5. The smallest absolute Gasteiger partial charge is 0.136 e. The van der Waals surface area contributed by atoms with Crippen LogP contribution in [0.3, 0.4) is 0 Å². The number of ether oxygens (including phenoxy) is 1. The van der Waals surface area contributed by atoms with Crippen molar-refractivity contribution in [2.45, 2.75) is 38.1 Å². The molecule has 5 nitrogen and oxygen atoms in total. The molecule has 1 unspecified atom stereocenters. The van der Waals surface area contributed by atoms with Gasteiger partial charge in [0.1, 0.15) is 11.6 Å². The Bertz CT molecular complexity index is 384. The summed E-state index contributed by atoms with van der Waals surface area (Å²) in [5, 5.41) is 8.75. The zero-order valence-corrected chi connectivity index (χ0v) is 10.1. The Balaban J connectivity index is 1.80. The minimum absolute atomic E-state index is 0.541. The van der Waals surface area contributed by atoms with Crippen LogP contribution in [0.25, 0.3) is 0 Å². The van der Waals surface area contributed by atoms with Crippen molar-refractivity contribution >= 4 is 0 Å². The van der Waals surface area contributed by atoms with Crippen LogP contribution in [0.2, 0.25) is 0 Å². The Morgan fingerprint density at radius 1 is 1.24 bits per heavy atom. The van der Waals surface area contributed by atoms with E-state index in [1.54, 1.807) is 0 Å². The molecule has 5 heteroatoms. The van der Waals surface area contributed by atoms with Crippen molar-refractivity contribution in [1.29, 1.82) is 0 Å². The van der Waals surface area contributed by atoms with E-state index in [0.717, 1.165) is 57.8 Å². The van der Waals surface area contributed by atoms with Crippen LogP contribution in [0, 0.1) is 5.92 Å². The number of fused-ring (bicyclic) bond motifs is 1. The lowest BCUT2D eigenvalue weighted by Crippen LogP contribution is -2.27. The first kappa shape index (κ1) is 11.2. The molecule has 1 atom stereocenters. The van der Waals surface area contributed by atoms with Crippen molar-refractivity contribution in [3.05, 3.63) is 11.6 Å². The molecule has 3 heterocycles. The Hall–Kier alpha value is -0.940. The van der Waals surface area contributed by atoms with Gasteiger partial charge in [-0.25, -0.2) is 0 Å². The normalized spacial score (nSPS) is 25.8. The van der Waals surface area contributed by atoms with Crippen molar-refractivity contribution in [2.24, 2.45) is 11.7 Å². The van der Waals surface area contributed by atoms with E-state index >= 15 is 0 Å². The molecule has 0 amide bonds. The SMILES string of the molecule is NCC1CCn2c(nnc2C2CCOCC2)C1. The van der Waals surface area contributed by atoms with Gasteiger partial charge in [-0.05, 0) is 31.7 Å². The van der Waals surface area contributed by atoms with E-state index in [9.17, 15) is 0 Å². The Kier molecular flexibility index (Phi) is 3.11. The van der Waals surface area contributed by atoms with Gasteiger partial charge in [0.15, 0.2) is 0 Å². The molecule has 0 saturated carbocycles. The van der Waals surface area contributed by atoms with Gasteiger partial charge in [-0.2, -0.15) is 0 Å². The molecule has 0 aromatic carbocycles. The fourth-order valence-corrected chi connectivity index (χ4v) is 2.87. The fourth-order valence-electron chi connectivity index (χ4n) is 2.87. The summed E-state index contributed by atoms with van der Waals surface area (Å²) in [6, 6.07) is 0. The zero-order valence-electron chi connectivity index (χ0n) is 10.1. The largest absolute Gasteiger partial charge is 0.381 e. The molecular formula is C12H20N4O. The van der Waals surface area contributed by atoms with Gasteiger partial charge in [-0.15, -0.1) is 10.2 Å². The van der Waals surface area contributed by atoms with Crippen LogP contribution in [0.4, 0.5) is 0 Å². The number of rotatable bonds is 2. The maximum Gasteiger partial charge on any atom is 0.136 e. The summed E-state index contributed by atoms with van der Waals surface area (Å²) in [6.07, 6.45) is 4.32. The minimum Gasteiger partial charge on any atom is -0.381 e. The van der Waals surface area contributed by atoms with Gasteiger partial charge < -0.3 is 15.0 Å². The average Bonchev–Trinajstić information content (AvgIpc) is 2.82. The molecule has 0 radical (unpaired) electrons. The first-order valence-corrected chi connectivity index (χ1v) is 6.58. The minimum atomic E-state index is 0.541. The second kappa shape index (κ2) is 4.74. The first-order valence-electron chi connectivity index (χ1n) is 6.58. The molecule has 17 heavy (non-hydrogen) atoms. The highest BCUT2D eigenvalue weighted by Gasteiger charge is 2.27. The highest BCUT2D eigenvalue weighted by molar-refractivity contribution is 5.06. The topological polar surface area (TPSA) is 66.0 Å². The van der Waals surface area contributed by atoms with Crippen molar-refractivity contribution in [2.75, 3.05) is 19.8 Å². The standard InChI is InChI=1S/C12H20N4O/c13-8-9-1-4-16-11(7-9)14-15-12(16)10-2-5-17-6-3-10/h9-10H,1-8,13H2. The Morgan fingerprint density at radius 2 is 2.06 bits per heavy atom. The van der Waals surface area contributed by atoms with Crippen molar-refractivity contribution < 1.29 is 4.74 Å². The molecule has 0 bridgehead atoms. The van der Waals surface area contributed by atoms with Crippen LogP contribution in [-0.4, -0.2) is 34.5 Å². The van der Waals surface area contributed by atoms with Crippen LogP contribution in [0.5, 0.6) is 0 Å². The van der Waals surface area contributed by atoms with Gasteiger partial charge >= 0.3 is 0 Å². The lowest BCUT2D eigenvalue weighted by atomic mass is 9.96. The van der Waals surface area contributed by atoms with Gasteiger partial charge in [0, 0.05) is 32.1 Å². The van der Waals surface area contributed by atoms with Crippen LogP contribution < -0.4 is 5.73 Å². The summed E-state index contributed by atoms with van der Waals surface area (Å²) in [4.78, 5) is 0. The van der Waals surface area contributed by atoms with Crippen molar-refractivity contribution in [3.63, 3.8) is 0 Å². The van der Waals surface area contributed by atoms with E-state index in [0.29, 0.717) is 11.8 Å². The van der Waals surface area contributed by atoms with Crippen LogP contribution in [-0.2, 0) is 17.7 Å². The molecule has 1 aromatic heterocycles. The average molecular weight is 236 g/mol. The van der Waals surface area contributed by atoms with Crippen molar-refractivity contribution in [3.8, 4) is 0 Å². The molecule has 3 rings (SSSR count). The number of nitrogens with two attached hydrogens (primary N) is 1. The second-order valence-electron chi connectivity index (χ2n) is 5.11. The molecule has 94 valence electrons. The maximum absolute atomic E-state index is 5.74. The molecule has 0 aliphatic carbocycles. The molecule has 1 fully saturated rings. The predicted octanol–water partition coefficient (Wildman–Crippen LogP) is 0.693. The van der Waals surface area contributed by atoms with Crippen LogP contribution >= 0.6 is 0 Å². The summed E-state index contributed by atoms with van der Waals surface area (Å²) in [7, 11) is 0. The van der Waals surface area contributed by atoms with Gasteiger partial charge in [0.05, 0.1) is 0 Å². The zero-order chi connectivity index (χ0) is 11.7. The fraction of sp³-hybridized carbons (Fsp3) is 0.833. The van der Waals surface area contributed by atoms with E-state index in [-0.39, 0.29) is 0 Å². The van der Waals surface area contributed by atoms with E-state index in [4.69, 9.17) is 10.5 Å². The van der Waals surface area contributed by atoms with Gasteiger partial charge in [0.25, 0.3) is 0 Å². The van der Waals surface area contributed by atoms with Crippen LogP contribution in [0.1, 0.15) is 36.8 Å². The number of hydrogen-bond acceptors (Lipinski definition) is 4. The molecule has 2 aliphatic heterocycles.